The fourth-order valence-electron chi connectivity index (χ4n) is 3.33. The van der Waals surface area contributed by atoms with Crippen LogP contribution in [0.3, 0.4) is 0 Å². The van der Waals surface area contributed by atoms with E-state index in [1.165, 1.54) is 27.8 Å². The van der Waals surface area contributed by atoms with Crippen LogP contribution in [0.1, 0.15) is 23.1 Å². The zero-order valence-corrected chi connectivity index (χ0v) is 21.4. The lowest BCUT2D eigenvalue weighted by Crippen LogP contribution is -2.19. The number of allylic oxidation sites excluding steroid dienone is 1. The quantitative estimate of drug-likeness (QED) is 0.224. The average molecular weight is 501 g/mol. The number of rotatable bonds is 9. The van der Waals surface area contributed by atoms with Crippen LogP contribution in [0.15, 0.2) is 84.9 Å². The monoisotopic (exact) mass is 500 g/mol. The van der Waals surface area contributed by atoms with Crippen LogP contribution in [-0.4, -0.2) is 57.3 Å². The summed E-state index contributed by atoms with van der Waals surface area (Å²) in [6.07, 6.45) is 1.41. The fraction of sp³-hybridized carbons (Fsp3) is 0.259. The topological polar surface area (TPSA) is 69.7 Å². The van der Waals surface area contributed by atoms with Crippen molar-refractivity contribution < 1.29 is 17.7 Å². The summed E-state index contributed by atoms with van der Waals surface area (Å²) in [5.74, 6) is 1.47. The van der Waals surface area contributed by atoms with Gasteiger partial charge in [0.1, 0.15) is 12.4 Å². The highest BCUT2D eigenvalue weighted by Crippen LogP contribution is 2.35. The molecule has 7 heteroatoms. The second kappa shape index (κ2) is 13.9. The maximum atomic E-state index is 9.08. The molecule has 3 aromatic carbocycles. The van der Waals surface area contributed by atoms with Gasteiger partial charge in [0.2, 0.25) is 0 Å². The maximum Gasteiger partial charge on any atom is 0.119 e. The molecule has 0 radical (unpaired) electrons. The molecule has 34 heavy (non-hydrogen) atoms. The van der Waals surface area contributed by atoms with Crippen molar-refractivity contribution in [3.05, 3.63) is 102 Å². The van der Waals surface area contributed by atoms with Crippen LogP contribution in [0.5, 0.6) is 5.75 Å². The Hall–Kier alpha value is -2.64. The molecule has 182 valence electrons. The molecule has 0 atom stereocenters. The van der Waals surface area contributed by atoms with E-state index in [-0.39, 0.29) is 0 Å². The summed E-state index contributed by atoms with van der Waals surface area (Å²) in [5, 5.41) is 0. The van der Waals surface area contributed by atoms with Gasteiger partial charge in [0.15, 0.2) is 0 Å². The van der Waals surface area contributed by atoms with Gasteiger partial charge in [-0.05, 0) is 60.5 Å². The number of hydrogen-bond acceptors (Lipinski definition) is 5. The van der Waals surface area contributed by atoms with Gasteiger partial charge in [-0.1, -0.05) is 72.8 Å². The molecule has 0 bridgehead atoms. The predicted molar refractivity (Wildman–Crippen MR) is 140 cm³/mol. The van der Waals surface area contributed by atoms with Crippen molar-refractivity contribution in [1.82, 2.24) is 4.90 Å². The summed E-state index contributed by atoms with van der Waals surface area (Å²) in [6, 6.07) is 29.4. The largest absolute Gasteiger partial charge is 0.748 e. The first-order valence-corrected chi connectivity index (χ1v) is 13.2. The Balaban J connectivity index is 0.000000739. The smallest absolute Gasteiger partial charge is 0.119 e. The minimum atomic E-state index is -3.92. The van der Waals surface area contributed by atoms with Crippen LogP contribution in [0.4, 0.5) is 0 Å². The van der Waals surface area contributed by atoms with E-state index in [1.807, 2.05) is 26.2 Å². The molecule has 0 aromatic heterocycles. The van der Waals surface area contributed by atoms with Crippen LogP contribution in [0.2, 0.25) is 0 Å². The van der Waals surface area contributed by atoms with Crippen LogP contribution in [-0.2, 0) is 10.1 Å². The average Bonchev–Trinajstić information content (AvgIpc) is 2.80. The Bertz CT molecular complexity index is 1120. The van der Waals surface area contributed by atoms with Gasteiger partial charge in [-0.3, -0.25) is 0 Å². The van der Waals surface area contributed by atoms with E-state index in [0.29, 0.717) is 18.7 Å². The molecule has 0 amide bonds. The molecular formula is C27H31ClNO4S-. The number of hydrogen-bond donors (Lipinski definition) is 0. The van der Waals surface area contributed by atoms with Crippen molar-refractivity contribution in [2.75, 3.05) is 39.4 Å². The van der Waals surface area contributed by atoms with Gasteiger partial charge in [0.05, 0.1) is 10.1 Å². The molecule has 0 heterocycles. The third-order valence-corrected chi connectivity index (χ3v) is 4.97. The number of likely N-dealkylation sites (N-methyl/N-ethyl adjacent to an activating group) is 1. The second-order valence-electron chi connectivity index (χ2n) is 7.90. The Labute approximate surface area is 208 Å². The molecule has 0 spiro atoms. The highest BCUT2D eigenvalue weighted by atomic mass is 35.5. The summed E-state index contributed by atoms with van der Waals surface area (Å²) >= 11 is 6.21. The Morgan fingerprint density at radius 3 is 1.79 bits per heavy atom. The van der Waals surface area contributed by atoms with E-state index >= 15 is 0 Å². The Morgan fingerprint density at radius 1 is 0.853 bits per heavy atom. The lowest BCUT2D eigenvalue weighted by molar-refractivity contribution is 0.261. The van der Waals surface area contributed by atoms with Gasteiger partial charge in [-0.15, -0.1) is 11.6 Å². The Kier molecular flexibility index (Phi) is 11.3. The highest BCUT2D eigenvalue weighted by molar-refractivity contribution is 7.84. The molecule has 5 nitrogen and oxygen atoms in total. The molecule has 0 fully saturated rings. The first-order chi connectivity index (χ1) is 16.2. The van der Waals surface area contributed by atoms with Gasteiger partial charge in [0.25, 0.3) is 0 Å². The molecular weight excluding hydrogens is 470 g/mol. The molecule has 0 unspecified atom stereocenters. The van der Waals surface area contributed by atoms with Gasteiger partial charge < -0.3 is 14.2 Å². The van der Waals surface area contributed by atoms with E-state index in [2.05, 4.69) is 77.7 Å². The van der Waals surface area contributed by atoms with Crippen LogP contribution in [0, 0.1) is 0 Å². The number of alkyl halides is 1. The van der Waals surface area contributed by atoms with Crippen molar-refractivity contribution in [3.63, 3.8) is 0 Å². The maximum absolute atomic E-state index is 9.08. The number of ether oxygens (including phenoxy) is 1. The molecule has 0 saturated carbocycles. The van der Waals surface area contributed by atoms with Crippen molar-refractivity contribution in [3.8, 4) is 5.75 Å². The first-order valence-electron chi connectivity index (χ1n) is 10.9. The van der Waals surface area contributed by atoms with Crippen molar-refractivity contribution in [2.45, 2.75) is 6.42 Å². The predicted octanol–water partition coefficient (Wildman–Crippen LogP) is 5.38. The first kappa shape index (κ1) is 27.6. The van der Waals surface area contributed by atoms with Crippen LogP contribution < -0.4 is 4.74 Å². The Morgan fingerprint density at radius 2 is 1.32 bits per heavy atom. The summed E-state index contributed by atoms with van der Waals surface area (Å²) < 4.78 is 33.1. The summed E-state index contributed by atoms with van der Waals surface area (Å²) in [4.78, 5) is 2.11. The molecule has 0 N–H and O–H groups in total. The highest BCUT2D eigenvalue weighted by Gasteiger charge is 2.14. The van der Waals surface area contributed by atoms with Gasteiger partial charge in [0, 0.05) is 18.7 Å². The molecule has 0 saturated heterocycles. The molecule has 3 aromatic rings. The summed E-state index contributed by atoms with van der Waals surface area (Å²) in [5.41, 5.74) is 6.04. The molecule has 0 aliphatic carbocycles. The molecule has 3 rings (SSSR count). The third kappa shape index (κ3) is 10.1. The number of benzene rings is 3. The zero-order valence-electron chi connectivity index (χ0n) is 19.8. The van der Waals surface area contributed by atoms with Gasteiger partial charge in [-0.25, -0.2) is 8.42 Å². The molecule has 0 aliphatic rings. The lowest BCUT2D eigenvalue weighted by Gasteiger charge is -2.17. The third-order valence-electron chi connectivity index (χ3n) is 4.78. The summed E-state index contributed by atoms with van der Waals surface area (Å²) in [6.45, 7) is 1.57. The SMILES string of the molecule is CN(C)CCOc1ccc(/C(=C(/CCCl)c2ccccc2)c2ccccc2)cc1.CS(=O)(=O)[O-]. The van der Waals surface area contributed by atoms with Gasteiger partial charge in [-0.2, -0.15) is 0 Å². The minimum absolute atomic E-state index is 0.576. The standard InChI is InChI=1S/C26H28ClNO.CH4O3S/c1-28(2)19-20-29-24-15-13-23(14-16-24)26(22-11-7-4-8-12-22)25(17-18-27)21-9-5-3-6-10-21;1-5(2,3)4/h3-16H,17-20H2,1-2H3;1H3,(H,2,3,4)/p-1/b26-25-;. The van der Waals surface area contributed by atoms with E-state index in [4.69, 9.17) is 29.3 Å². The number of nitrogens with zero attached hydrogens (tertiary/aromatic N) is 1. The van der Waals surface area contributed by atoms with Crippen molar-refractivity contribution >= 4 is 32.9 Å². The fourth-order valence-corrected chi connectivity index (χ4v) is 3.52. The number of halogens is 1. The lowest BCUT2D eigenvalue weighted by atomic mass is 9.88. The summed E-state index contributed by atoms with van der Waals surface area (Å²) in [7, 11) is 0.177. The van der Waals surface area contributed by atoms with E-state index in [9.17, 15) is 0 Å². The minimum Gasteiger partial charge on any atom is -0.748 e. The zero-order chi connectivity index (χ0) is 25.0. The molecule has 0 aliphatic heterocycles. The van der Waals surface area contributed by atoms with Crippen LogP contribution in [0.25, 0.3) is 11.1 Å². The van der Waals surface area contributed by atoms with Crippen LogP contribution >= 0.6 is 11.6 Å². The normalized spacial score (nSPS) is 11.9. The van der Waals surface area contributed by atoms with E-state index < -0.39 is 10.1 Å². The van der Waals surface area contributed by atoms with E-state index in [1.54, 1.807) is 0 Å². The van der Waals surface area contributed by atoms with Crippen molar-refractivity contribution in [2.24, 2.45) is 0 Å². The van der Waals surface area contributed by atoms with Crippen molar-refractivity contribution in [1.29, 1.82) is 0 Å². The van der Waals surface area contributed by atoms with E-state index in [0.717, 1.165) is 18.7 Å². The van der Waals surface area contributed by atoms with Gasteiger partial charge >= 0.3 is 0 Å². The second-order valence-corrected chi connectivity index (χ2v) is 9.69.